The number of nitrogens with one attached hydrogen (secondary N) is 1. The van der Waals surface area contributed by atoms with Gasteiger partial charge in [-0.25, -0.2) is 13.5 Å². The van der Waals surface area contributed by atoms with Crippen LogP contribution in [0.3, 0.4) is 0 Å². The SMILES string of the molecule is Cc1nn(-c2ccccc2)c(C)c1NC(=O)c1ccc(F)c(F)c1. The molecule has 0 unspecified atom stereocenters. The van der Waals surface area contributed by atoms with Gasteiger partial charge in [0.1, 0.15) is 0 Å². The Morgan fingerprint density at radius 2 is 1.75 bits per heavy atom. The minimum Gasteiger partial charge on any atom is -0.319 e. The second kappa shape index (κ2) is 6.23. The van der Waals surface area contributed by atoms with Gasteiger partial charge < -0.3 is 5.32 Å². The molecule has 1 heterocycles. The first-order chi connectivity index (χ1) is 11.5. The zero-order valence-electron chi connectivity index (χ0n) is 13.2. The Bertz CT molecular complexity index is 904. The Morgan fingerprint density at radius 3 is 2.42 bits per heavy atom. The van der Waals surface area contributed by atoms with Crippen LogP contribution in [0.4, 0.5) is 14.5 Å². The summed E-state index contributed by atoms with van der Waals surface area (Å²) in [5.74, 6) is -2.57. The average molecular weight is 327 g/mol. The number of halogens is 2. The number of aryl methyl sites for hydroxylation is 1. The maximum absolute atomic E-state index is 13.3. The summed E-state index contributed by atoms with van der Waals surface area (Å²) < 4.78 is 28.0. The number of hydrogen-bond acceptors (Lipinski definition) is 2. The summed E-state index contributed by atoms with van der Waals surface area (Å²) in [7, 11) is 0. The van der Waals surface area contributed by atoms with Gasteiger partial charge in [-0.15, -0.1) is 0 Å². The number of rotatable bonds is 3. The number of hydrogen-bond donors (Lipinski definition) is 1. The molecular weight excluding hydrogens is 312 g/mol. The standard InChI is InChI=1S/C18H15F2N3O/c1-11-17(12(2)23(22-11)14-6-4-3-5-7-14)21-18(24)13-8-9-15(19)16(20)10-13/h3-10H,1-2H3,(H,21,24). The lowest BCUT2D eigenvalue weighted by Gasteiger charge is -2.07. The summed E-state index contributed by atoms with van der Waals surface area (Å²) in [6.07, 6.45) is 0. The highest BCUT2D eigenvalue weighted by Crippen LogP contribution is 2.23. The summed E-state index contributed by atoms with van der Waals surface area (Å²) in [6.45, 7) is 3.60. The molecule has 1 aromatic heterocycles. The molecule has 122 valence electrons. The Kier molecular flexibility index (Phi) is 4.12. The molecule has 0 bridgehead atoms. The van der Waals surface area contributed by atoms with Crippen LogP contribution in [0.5, 0.6) is 0 Å². The fraction of sp³-hybridized carbons (Fsp3) is 0.111. The van der Waals surface area contributed by atoms with Crippen LogP contribution in [-0.2, 0) is 0 Å². The number of benzene rings is 2. The third-order valence-electron chi connectivity index (χ3n) is 3.71. The molecule has 2 aromatic carbocycles. The number of amides is 1. The molecule has 1 amide bonds. The van der Waals surface area contributed by atoms with E-state index in [4.69, 9.17) is 0 Å². The van der Waals surface area contributed by atoms with Crippen LogP contribution in [0.25, 0.3) is 5.69 Å². The van der Waals surface area contributed by atoms with Gasteiger partial charge in [0.2, 0.25) is 0 Å². The van der Waals surface area contributed by atoms with Gasteiger partial charge in [0.15, 0.2) is 11.6 Å². The lowest BCUT2D eigenvalue weighted by Crippen LogP contribution is -2.13. The zero-order valence-corrected chi connectivity index (χ0v) is 13.2. The maximum atomic E-state index is 13.3. The van der Waals surface area contributed by atoms with Crippen LogP contribution in [0, 0.1) is 25.5 Å². The Hall–Kier alpha value is -3.02. The predicted molar refractivity (Wildman–Crippen MR) is 87.3 cm³/mol. The van der Waals surface area contributed by atoms with E-state index < -0.39 is 17.5 Å². The van der Waals surface area contributed by atoms with Crippen LogP contribution < -0.4 is 5.32 Å². The van der Waals surface area contributed by atoms with Crippen LogP contribution in [-0.4, -0.2) is 15.7 Å². The second-order valence-electron chi connectivity index (χ2n) is 5.38. The lowest BCUT2D eigenvalue weighted by atomic mass is 10.2. The minimum atomic E-state index is -1.06. The second-order valence-corrected chi connectivity index (χ2v) is 5.38. The zero-order chi connectivity index (χ0) is 17.3. The van der Waals surface area contributed by atoms with E-state index in [0.717, 1.165) is 23.5 Å². The highest BCUT2D eigenvalue weighted by molar-refractivity contribution is 6.04. The summed E-state index contributed by atoms with van der Waals surface area (Å²) in [4.78, 5) is 12.3. The largest absolute Gasteiger partial charge is 0.319 e. The average Bonchev–Trinajstić information content (AvgIpc) is 2.86. The first-order valence-corrected chi connectivity index (χ1v) is 7.35. The van der Waals surface area contributed by atoms with Gasteiger partial charge >= 0.3 is 0 Å². The van der Waals surface area contributed by atoms with Crippen molar-refractivity contribution in [3.63, 3.8) is 0 Å². The van der Waals surface area contributed by atoms with Crippen molar-refractivity contribution in [1.82, 2.24) is 9.78 Å². The van der Waals surface area contributed by atoms with Gasteiger partial charge in [-0.2, -0.15) is 5.10 Å². The molecule has 3 aromatic rings. The van der Waals surface area contributed by atoms with Crippen molar-refractivity contribution in [2.75, 3.05) is 5.32 Å². The summed E-state index contributed by atoms with van der Waals surface area (Å²) in [5, 5.41) is 7.15. The highest BCUT2D eigenvalue weighted by atomic mass is 19.2. The van der Waals surface area contributed by atoms with Gasteiger partial charge in [-0.05, 0) is 44.2 Å². The van der Waals surface area contributed by atoms with Gasteiger partial charge in [-0.1, -0.05) is 18.2 Å². The summed E-state index contributed by atoms with van der Waals surface area (Å²) >= 11 is 0. The van der Waals surface area contributed by atoms with Crippen LogP contribution >= 0.6 is 0 Å². The molecule has 0 fully saturated rings. The van der Waals surface area contributed by atoms with Crippen LogP contribution in [0.2, 0.25) is 0 Å². The maximum Gasteiger partial charge on any atom is 0.255 e. The van der Waals surface area contributed by atoms with E-state index in [1.807, 2.05) is 37.3 Å². The first kappa shape index (κ1) is 15.9. The minimum absolute atomic E-state index is 0.0418. The number of aromatic nitrogens is 2. The molecule has 0 aliphatic heterocycles. The molecule has 0 aliphatic rings. The van der Waals surface area contributed by atoms with Crippen molar-refractivity contribution in [1.29, 1.82) is 0 Å². The third kappa shape index (κ3) is 2.90. The van der Waals surface area contributed by atoms with Crippen LogP contribution in [0.1, 0.15) is 21.7 Å². The molecular formula is C18H15F2N3O. The molecule has 0 atom stereocenters. The van der Waals surface area contributed by atoms with E-state index in [1.165, 1.54) is 6.07 Å². The van der Waals surface area contributed by atoms with Crippen molar-refractivity contribution in [2.24, 2.45) is 0 Å². The van der Waals surface area contributed by atoms with Gasteiger partial charge in [0.25, 0.3) is 5.91 Å². The number of carbonyl (C=O) groups excluding carboxylic acids is 1. The normalized spacial score (nSPS) is 10.7. The molecule has 24 heavy (non-hydrogen) atoms. The number of para-hydroxylation sites is 1. The third-order valence-corrected chi connectivity index (χ3v) is 3.71. The van der Waals surface area contributed by atoms with E-state index in [2.05, 4.69) is 10.4 Å². The van der Waals surface area contributed by atoms with E-state index in [9.17, 15) is 13.6 Å². The topological polar surface area (TPSA) is 46.9 Å². The van der Waals surface area contributed by atoms with Crippen LogP contribution in [0.15, 0.2) is 48.5 Å². The lowest BCUT2D eigenvalue weighted by molar-refractivity contribution is 0.102. The van der Waals surface area contributed by atoms with E-state index >= 15 is 0 Å². The van der Waals surface area contributed by atoms with E-state index in [1.54, 1.807) is 11.6 Å². The van der Waals surface area contributed by atoms with E-state index in [-0.39, 0.29) is 5.56 Å². The molecule has 0 aliphatic carbocycles. The number of anilines is 1. The van der Waals surface area contributed by atoms with Crippen molar-refractivity contribution in [2.45, 2.75) is 13.8 Å². The first-order valence-electron chi connectivity index (χ1n) is 7.35. The fourth-order valence-electron chi connectivity index (χ4n) is 2.47. The molecule has 1 N–H and O–H groups in total. The molecule has 0 radical (unpaired) electrons. The van der Waals surface area contributed by atoms with Gasteiger partial charge in [0, 0.05) is 5.56 Å². The highest BCUT2D eigenvalue weighted by Gasteiger charge is 2.17. The fourth-order valence-corrected chi connectivity index (χ4v) is 2.47. The molecule has 0 saturated heterocycles. The molecule has 3 rings (SSSR count). The molecule has 0 spiro atoms. The molecule has 4 nitrogen and oxygen atoms in total. The van der Waals surface area contributed by atoms with Crippen molar-refractivity contribution >= 4 is 11.6 Å². The molecule has 6 heteroatoms. The Balaban J connectivity index is 1.92. The summed E-state index contributed by atoms with van der Waals surface area (Å²) in [6, 6.07) is 12.5. The van der Waals surface area contributed by atoms with Crippen molar-refractivity contribution in [3.8, 4) is 5.69 Å². The number of nitrogens with zero attached hydrogens (tertiary/aromatic N) is 2. The van der Waals surface area contributed by atoms with Gasteiger partial charge in [-0.3, -0.25) is 4.79 Å². The molecule has 0 saturated carbocycles. The van der Waals surface area contributed by atoms with Gasteiger partial charge in [0.05, 0.1) is 22.8 Å². The predicted octanol–water partition coefficient (Wildman–Crippen LogP) is 4.02. The van der Waals surface area contributed by atoms with E-state index in [0.29, 0.717) is 11.4 Å². The summed E-state index contributed by atoms with van der Waals surface area (Å²) in [5.41, 5.74) is 2.84. The quantitative estimate of drug-likeness (QED) is 0.790. The van der Waals surface area contributed by atoms with Crippen molar-refractivity contribution in [3.05, 3.63) is 77.1 Å². The monoisotopic (exact) mass is 327 g/mol. The Labute approximate surface area is 137 Å². The smallest absolute Gasteiger partial charge is 0.255 e. The number of carbonyl (C=O) groups is 1. The Morgan fingerprint density at radius 1 is 1.04 bits per heavy atom. The van der Waals surface area contributed by atoms with Crippen molar-refractivity contribution < 1.29 is 13.6 Å².